The largest absolute Gasteiger partial charge is 0.304 e. The van der Waals surface area contributed by atoms with Gasteiger partial charge in [0.1, 0.15) is 5.78 Å². The normalized spacial score (nSPS) is 12.2. The molecule has 0 aliphatic heterocycles. The first-order chi connectivity index (χ1) is 7.41. The van der Waals surface area contributed by atoms with Gasteiger partial charge in [-0.15, -0.1) is 0 Å². The molecular formula is C11H12FNO3. The van der Waals surface area contributed by atoms with Gasteiger partial charge in [-0.2, -0.15) is 4.39 Å². The molecule has 0 radical (unpaired) electrons. The Morgan fingerprint density at radius 3 is 2.62 bits per heavy atom. The molecule has 0 aliphatic carbocycles. The Balaban J connectivity index is 2.89. The van der Waals surface area contributed by atoms with Crippen LogP contribution in [0.2, 0.25) is 0 Å². The molecule has 5 heteroatoms. The first-order valence-corrected chi connectivity index (χ1v) is 4.85. The van der Waals surface area contributed by atoms with Gasteiger partial charge in [-0.25, -0.2) is 0 Å². The van der Waals surface area contributed by atoms with Gasteiger partial charge in [0.25, 0.3) is 0 Å². The zero-order valence-electron chi connectivity index (χ0n) is 9.07. The number of carbonyl (C=O) groups is 1. The van der Waals surface area contributed by atoms with Crippen molar-refractivity contribution < 1.29 is 14.1 Å². The van der Waals surface area contributed by atoms with Crippen LogP contribution in [-0.2, 0) is 11.2 Å². The third-order valence-corrected chi connectivity index (χ3v) is 2.44. The van der Waals surface area contributed by atoms with Crippen molar-refractivity contribution in [3.05, 3.63) is 39.7 Å². The van der Waals surface area contributed by atoms with Crippen LogP contribution < -0.4 is 0 Å². The van der Waals surface area contributed by atoms with Crippen LogP contribution in [0.5, 0.6) is 0 Å². The number of nitro groups is 1. The van der Waals surface area contributed by atoms with E-state index < -0.39 is 16.4 Å². The van der Waals surface area contributed by atoms with Crippen molar-refractivity contribution in [1.82, 2.24) is 0 Å². The molecule has 1 aromatic carbocycles. The summed E-state index contributed by atoms with van der Waals surface area (Å²) >= 11 is 0. The second-order valence-corrected chi connectivity index (χ2v) is 3.76. The fourth-order valence-corrected chi connectivity index (χ4v) is 1.32. The number of hydrogen-bond acceptors (Lipinski definition) is 3. The van der Waals surface area contributed by atoms with E-state index in [0.717, 1.165) is 12.1 Å². The summed E-state index contributed by atoms with van der Waals surface area (Å²) < 4.78 is 13.2. The molecule has 0 aromatic heterocycles. The maximum atomic E-state index is 13.2. The lowest BCUT2D eigenvalue weighted by molar-refractivity contribution is -0.387. The monoisotopic (exact) mass is 225 g/mol. The van der Waals surface area contributed by atoms with Gasteiger partial charge in [0.2, 0.25) is 5.82 Å². The fourth-order valence-electron chi connectivity index (χ4n) is 1.32. The number of nitro benzene ring substituents is 1. The van der Waals surface area contributed by atoms with Crippen molar-refractivity contribution in [2.24, 2.45) is 5.92 Å². The lowest BCUT2D eigenvalue weighted by Crippen LogP contribution is -2.09. The van der Waals surface area contributed by atoms with E-state index in [1.165, 1.54) is 13.0 Å². The van der Waals surface area contributed by atoms with E-state index in [1.807, 2.05) is 0 Å². The summed E-state index contributed by atoms with van der Waals surface area (Å²) in [7, 11) is 0. The van der Waals surface area contributed by atoms with E-state index in [2.05, 4.69) is 0 Å². The smallest absolute Gasteiger partial charge is 0.300 e. The minimum Gasteiger partial charge on any atom is -0.300 e. The molecule has 0 bridgehead atoms. The Kier molecular flexibility index (Phi) is 3.71. The van der Waals surface area contributed by atoms with E-state index in [0.29, 0.717) is 12.0 Å². The standard InChI is InChI=1S/C11H12FNO3/c1-7(8(2)14)5-9-3-4-11(13(15)16)10(12)6-9/h3-4,6-7H,5H2,1-2H3. The number of Topliss-reactive ketones (excluding diaryl/α,β-unsaturated/α-hetero) is 1. The van der Waals surface area contributed by atoms with Crippen molar-refractivity contribution >= 4 is 11.5 Å². The van der Waals surface area contributed by atoms with Crippen molar-refractivity contribution in [2.45, 2.75) is 20.3 Å². The van der Waals surface area contributed by atoms with Gasteiger partial charge < -0.3 is 0 Å². The molecule has 0 spiro atoms. The molecule has 1 atom stereocenters. The molecule has 1 unspecified atom stereocenters. The van der Waals surface area contributed by atoms with Gasteiger partial charge >= 0.3 is 5.69 Å². The first-order valence-electron chi connectivity index (χ1n) is 4.85. The Morgan fingerprint density at radius 2 is 2.19 bits per heavy atom. The molecule has 0 saturated carbocycles. The van der Waals surface area contributed by atoms with Gasteiger partial charge in [-0.3, -0.25) is 14.9 Å². The number of ketones is 1. The second-order valence-electron chi connectivity index (χ2n) is 3.76. The van der Waals surface area contributed by atoms with E-state index in [9.17, 15) is 19.3 Å². The van der Waals surface area contributed by atoms with Crippen LogP contribution in [0, 0.1) is 21.8 Å². The number of rotatable bonds is 4. The predicted octanol–water partition coefficient (Wildman–Crippen LogP) is 2.50. The summed E-state index contributed by atoms with van der Waals surface area (Å²) in [5.74, 6) is -1.06. The highest BCUT2D eigenvalue weighted by molar-refractivity contribution is 5.78. The molecule has 0 heterocycles. The molecule has 0 amide bonds. The molecule has 0 fully saturated rings. The van der Waals surface area contributed by atoms with Gasteiger partial charge in [-0.1, -0.05) is 13.0 Å². The molecule has 4 nitrogen and oxygen atoms in total. The second kappa shape index (κ2) is 4.83. The average molecular weight is 225 g/mol. The summed E-state index contributed by atoms with van der Waals surface area (Å²) in [4.78, 5) is 20.6. The number of hydrogen-bond donors (Lipinski definition) is 0. The summed E-state index contributed by atoms with van der Waals surface area (Å²) in [6, 6.07) is 3.70. The van der Waals surface area contributed by atoms with Crippen LogP contribution in [0.25, 0.3) is 0 Å². The lowest BCUT2D eigenvalue weighted by Gasteiger charge is -2.07. The summed E-state index contributed by atoms with van der Waals surface area (Å²) in [6.07, 6.45) is 0.393. The Hall–Kier alpha value is -1.78. The summed E-state index contributed by atoms with van der Waals surface area (Å²) in [5.41, 5.74) is 0.0463. The van der Waals surface area contributed by atoms with Gasteiger partial charge in [0, 0.05) is 12.0 Å². The molecule has 0 aliphatic rings. The average Bonchev–Trinajstić information content (AvgIpc) is 2.16. The quantitative estimate of drug-likeness (QED) is 0.584. The predicted molar refractivity (Wildman–Crippen MR) is 56.6 cm³/mol. The van der Waals surface area contributed by atoms with E-state index >= 15 is 0 Å². The van der Waals surface area contributed by atoms with Crippen LogP contribution in [0.3, 0.4) is 0 Å². The molecule has 0 saturated heterocycles. The van der Waals surface area contributed by atoms with Crippen LogP contribution in [0.1, 0.15) is 19.4 Å². The van der Waals surface area contributed by atoms with Gasteiger partial charge in [-0.05, 0) is 25.0 Å². The van der Waals surface area contributed by atoms with E-state index in [1.54, 1.807) is 6.92 Å². The number of carbonyl (C=O) groups excluding carboxylic acids is 1. The minimum absolute atomic E-state index is 0.0127. The Morgan fingerprint density at radius 1 is 1.56 bits per heavy atom. The SMILES string of the molecule is CC(=O)C(C)Cc1ccc([N+](=O)[O-])c(F)c1. The van der Waals surface area contributed by atoms with Crippen molar-refractivity contribution in [3.8, 4) is 0 Å². The zero-order valence-corrected chi connectivity index (χ0v) is 9.07. The highest BCUT2D eigenvalue weighted by Gasteiger charge is 2.15. The van der Waals surface area contributed by atoms with Crippen molar-refractivity contribution in [1.29, 1.82) is 0 Å². The highest BCUT2D eigenvalue weighted by Crippen LogP contribution is 2.19. The van der Waals surface area contributed by atoms with Crippen molar-refractivity contribution in [2.75, 3.05) is 0 Å². The number of benzene rings is 1. The van der Waals surface area contributed by atoms with E-state index in [-0.39, 0.29) is 11.7 Å². The summed E-state index contributed by atoms with van der Waals surface area (Å²) in [5, 5.41) is 10.4. The Labute approximate surface area is 92.2 Å². The first kappa shape index (κ1) is 12.3. The van der Waals surface area contributed by atoms with Gasteiger partial charge in [0.05, 0.1) is 4.92 Å². The molecule has 16 heavy (non-hydrogen) atoms. The maximum Gasteiger partial charge on any atom is 0.304 e. The van der Waals surface area contributed by atoms with Crippen LogP contribution in [0.15, 0.2) is 18.2 Å². The van der Waals surface area contributed by atoms with E-state index in [4.69, 9.17) is 0 Å². The molecular weight excluding hydrogens is 213 g/mol. The summed E-state index contributed by atoms with van der Waals surface area (Å²) in [6.45, 7) is 3.20. The number of nitrogens with zero attached hydrogens (tertiary/aromatic N) is 1. The Bertz CT molecular complexity index is 431. The zero-order chi connectivity index (χ0) is 12.3. The van der Waals surface area contributed by atoms with Crippen LogP contribution in [0.4, 0.5) is 10.1 Å². The molecule has 0 N–H and O–H groups in total. The lowest BCUT2D eigenvalue weighted by atomic mass is 9.98. The van der Waals surface area contributed by atoms with Gasteiger partial charge in [0.15, 0.2) is 0 Å². The molecule has 1 aromatic rings. The van der Waals surface area contributed by atoms with Crippen molar-refractivity contribution in [3.63, 3.8) is 0 Å². The highest BCUT2D eigenvalue weighted by atomic mass is 19.1. The molecule has 86 valence electrons. The third-order valence-electron chi connectivity index (χ3n) is 2.44. The third kappa shape index (κ3) is 2.85. The topological polar surface area (TPSA) is 60.2 Å². The van der Waals surface area contributed by atoms with Crippen LogP contribution in [-0.4, -0.2) is 10.7 Å². The minimum atomic E-state index is -0.863. The fraction of sp³-hybridized carbons (Fsp3) is 0.364. The van der Waals surface area contributed by atoms with Crippen LogP contribution >= 0.6 is 0 Å². The molecule has 1 rings (SSSR count). The maximum absolute atomic E-state index is 13.2. The number of halogens is 1.